The Balaban J connectivity index is 0. The summed E-state index contributed by atoms with van der Waals surface area (Å²) in [5.74, 6) is -1.69. The lowest BCUT2D eigenvalue weighted by molar-refractivity contribution is -0.138. The van der Waals surface area contributed by atoms with Crippen molar-refractivity contribution in [1.29, 1.82) is 0 Å². The minimum atomic E-state index is -1.35. The maximum atomic E-state index is 11.3. The normalized spacial score (nSPS) is 15.1. The zero-order chi connectivity index (χ0) is 17.9. The minimum absolute atomic E-state index is 0.0350. The second-order valence-corrected chi connectivity index (χ2v) is 5.50. The highest BCUT2D eigenvalue weighted by Gasteiger charge is 2.32. The van der Waals surface area contributed by atoms with Gasteiger partial charge in [0.1, 0.15) is 18.6 Å². The van der Waals surface area contributed by atoms with Gasteiger partial charge in [-0.05, 0) is 13.8 Å². The van der Waals surface area contributed by atoms with Crippen LogP contribution in [0.15, 0.2) is 0 Å². The Bertz CT molecular complexity index is 326. The zero-order valence-electron chi connectivity index (χ0n) is 13.4. The number of carbonyl (C=O) groups excluding carboxylic acids is 1. The molecule has 0 heterocycles. The van der Waals surface area contributed by atoms with E-state index in [2.05, 4.69) is 10.6 Å². The molecular weight excluding hydrogens is 296 g/mol. The molecule has 9 nitrogen and oxygen atoms in total. The molecule has 0 saturated heterocycles. The molecule has 22 heavy (non-hydrogen) atoms. The van der Waals surface area contributed by atoms with Crippen molar-refractivity contribution in [3.8, 4) is 0 Å². The first kappa shape index (κ1) is 23.0. The Morgan fingerprint density at radius 2 is 1.55 bits per heavy atom. The average molecular weight is 324 g/mol. The number of aliphatic hydroxyl groups excluding tert-OH is 4. The first-order valence-electron chi connectivity index (χ1n) is 6.84. The van der Waals surface area contributed by atoms with Gasteiger partial charge in [-0.15, -0.1) is 0 Å². The number of amides is 1. The van der Waals surface area contributed by atoms with Crippen molar-refractivity contribution in [2.24, 2.45) is 5.41 Å². The van der Waals surface area contributed by atoms with E-state index in [1.54, 1.807) is 13.8 Å². The van der Waals surface area contributed by atoms with E-state index < -0.39 is 35.9 Å². The van der Waals surface area contributed by atoms with Crippen molar-refractivity contribution in [2.75, 3.05) is 13.2 Å². The summed E-state index contributed by atoms with van der Waals surface area (Å²) in [4.78, 5) is 21.4. The van der Waals surface area contributed by atoms with Crippen LogP contribution in [0.25, 0.3) is 0 Å². The Hall–Kier alpha value is -1.26. The monoisotopic (exact) mass is 324 g/mol. The van der Waals surface area contributed by atoms with E-state index in [9.17, 15) is 14.7 Å². The molecule has 0 fully saturated rings. The summed E-state index contributed by atoms with van der Waals surface area (Å²) in [7, 11) is 0. The van der Waals surface area contributed by atoms with Gasteiger partial charge in [0, 0.05) is 12.0 Å². The minimum Gasteiger partial charge on any atom is -0.481 e. The average Bonchev–Trinajstić information content (AvgIpc) is 2.36. The highest BCUT2D eigenvalue weighted by atomic mass is 16.4. The van der Waals surface area contributed by atoms with Gasteiger partial charge in [0.25, 0.3) is 0 Å². The van der Waals surface area contributed by atoms with Crippen LogP contribution in [0.2, 0.25) is 0 Å². The largest absolute Gasteiger partial charge is 0.481 e. The van der Waals surface area contributed by atoms with Crippen LogP contribution in [-0.2, 0) is 9.59 Å². The molecule has 9 heteroatoms. The maximum absolute atomic E-state index is 11.3. The number of aliphatic carboxylic acids is 1. The zero-order valence-corrected chi connectivity index (χ0v) is 13.4. The predicted octanol–water partition coefficient (Wildman–Crippen LogP) is -1.79. The first-order valence-corrected chi connectivity index (χ1v) is 6.84. The summed E-state index contributed by atoms with van der Waals surface area (Å²) in [6, 6.07) is 0. The molecule has 132 valence electrons. The molecule has 0 saturated carbocycles. The molecule has 0 aliphatic carbocycles. The summed E-state index contributed by atoms with van der Waals surface area (Å²) in [5, 5.41) is 48.3. The highest BCUT2D eigenvalue weighted by Crippen LogP contribution is 2.19. The molecule has 0 rings (SSSR count). The van der Waals surface area contributed by atoms with Gasteiger partial charge in [0.05, 0.1) is 13.0 Å². The topological polar surface area (TPSA) is 159 Å². The standard InChI is InChI=1S/C9H17NO5.C4H11NO2/c1-9(2,5-11)7(14)8(15)10-4-3-6(12)13;1-3(6)5-4(2)7/h7,11,14H,3-5H2,1-2H3,(H,10,15)(H,12,13);3-7H,1-2H3/t7-;/m0./s1. The van der Waals surface area contributed by atoms with Gasteiger partial charge in [-0.25, -0.2) is 0 Å². The van der Waals surface area contributed by atoms with Crippen molar-refractivity contribution in [2.45, 2.75) is 52.7 Å². The van der Waals surface area contributed by atoms with Crippen molar-refractivity contribution in [3.05, 3.63) is 0 Å². The summed E-state index contributed by atoms with van der Waals surface area (Å²) in [5.41, 5.74) is -0.937. The molecule has 7 N–H and O–H groups in total. The molecule has 1 amide bonds. The van der Waals surface area contributed by atoms with Gasteiger partial charge in [0.2, 0.25) is 5.91 Å². The van der Waals surface area contributed by atoms with Gasteiger partial charge in [0.15, 0.2) is 0 Å². The molecule has 0 aromatic rings. The van der Waals surface area contributed by atoms with Crippen LogP contribution in [0.1, 0.15) is 34.1 Å². The van der Waals surface area contributed by atoms with Gasteiger partial charge >= 0.3 is 5.97 Å². The summed E-state index contributed by atoms with van der Waals surface area (Å²) in [6.45, 7) is 5.80. The fraction of sp³-hybridized carbons (Fsp3) is 0.846. The molecule has 0 aromatic heterocycles. The fourth-order valence-corrected chi connectivity index (χ4v) is 1.18. The van der Waals surface area contributed by atoms with E-state index in [4.69, 9.17) is 20.4 Å². The van der Waals surface area contributed by atoms with Crippen LogP contribution >= 0.6 is 0 Å². The lowest BCUT2D eigenvalue weighted by atomic mass is 9.87. The van der Waals surface area contributed by atoms with E-state index in [-0.39, 0.29) is 19.6 Å². The molecule has 0 aliphatic heterocycles. The van der Waals surface area contributed by atoms with Crippen LogP contribution in [-0.4, -0.2) is 69.1 Å². The van der Waals surface area contributed by atoms with Gasteiger partial charge in [-0.2, -0.15) is 0 Å². The second kappa shape index (κ2) is 11.3. The summed E-state index contributed by atoms with van der Waals surface area (Å²) >= 11 is 0. The molecule has 0 spiro atoms. The highest BCUT2D eigenvalue weighted by molar-refractivity contribution is 5.81. The van der Waals surface area contributed by atoms with Crippen molar-refractivity contribution < 1.29 is 35.1 Å². The third-order valence-electron chi connectivity index (χ3n) is 2.52. The summed E-state index contributed by atoms with van der Waals surface area (Å²) in [6.07, 6.45) is -2.80. The molecule has 0 aromatic carbocycles. The van der Waals surface area contributed by atoms with E-state index in [1.807, 2.05) is 0 Å². The smallest absolute Gasteiger partial charge is 0.305 e. The number of rotatable bonds is 8. The molecule has 2 unspecified atom stereocenters. The lowest BCUT2D eigenvalue weighted by Gasteiger charge is -2.26. The third kappa shape index (κ3) is 12.5. The molecule has 0 radical (unpaired) electrons. The number of carboxylic acid groups (broad SMARTS) is 1. The number of carbonyl (C=O) groups is 2. The number of hydrogen-bond acceptors (Lipinski definition) is 7. The van der Waals surface area contributed by atoms with Gasteiger partial charge in [-0.3, -0.25) is 14.9 Å². The van der Waals surface area contributed by atoms with Gasteiger partial charge < -0.3 is 30.8 Å². The Kier molecular flexibility index (Phi) is 11.8. The Morgan fingerprint density at radius 1 is 1.09 bits per heavy atom. The number of aliphatic hydroxyl groups is 4. The molecule has 3 atom stereocenters. The van der Waals surface area contributed by atoms with E-state index >= 15 is 0 Å². The SMILES string of the molecule is CC(C)(CO)[C@@H](O)C(=O)NCCC(=O)O.CC(O)NC(C)O. The van der Waals surface area contributed by atoms with Crippen LogP contribution in [0.5, 0.6) is 0 Å². The van der Waals surface area contributed by atoms with Crippen LogP contribution in [0.4, 0.5) is 0 Å². The van der Waals surface area contributed by atoms with E-state index in [0.717, 1.165) is 0 Å². The third-order valence-corrected chi connectivity index (χ3v) is 2.52. The van der Waals surface area contributed by atoms with Crippen LogP contribution < -0.4 is 10.6 Å². The van der Waals surface area contributed by atoms with Gasteiger partial charge in [-0.1, -0.05) is 13.8 Å². The van der Waals surface area contributed by atoms with Crippen molar-refractivity contribution >= 4 is 11.9 Å². The van der Waals surface area contributed by atoms with Crippen LogP contribution in [0, 0.1) is 5.41 Å². The van der Waals surface area contributed by atoms with Crippen LogP contribution in [0.3, 0.4) is 0 Å². The molecular formula is C13H28N2O7. The Labute approximate surface area is 130 Å². The quantitative estimate of drug-likeness (QED) is 0.258. The van der Waals surface area contributed by atoms with E-state index in [1.165, 1.54) is 13.8 Å². The van der Waals surface area contributed by atoms with E-state index in [0.29, 0.717) is 0 Å². The fourth-order valence-electron chi connectivity index (χ4n) is 1.18. The maximum Gasteiger partial charge on any atom is 0.305 e. The first-order chi connectivity index (χ1) is 9.93. The number of carboxylic acids is 1. The lowest BCUT2D eigenvalue weighted by Crippen LogP contribution is -2.45. The number of nitrogens with one attached hydrogen (secondary N) is 2. The summed E-state index contributed by atoms with van der Waals surface area (Å²) < 4.78 is 0. The van der Waals surface area contributed by atoms with Crippen molar-refractivity contribution in [1.82, 2.24) is 10.6 Å². The van der Waals surface area contributed by atoms with Crippen molar-refractivity contribution in [3.63, 3.8) is 0 Å². The molecule has 0 bridgehead atoms. The Morgan fingerprint density at radius 3 is 1.82 bits per heavy atom. The second-order valence-electron chi connectivity index (χ2n) is 5.50. The molecule has 0 aliphatic rings. The predicted molar refractivity (Wildman–Crippen MR) is 78.6 cm³/mol. The number of hydrogen-bond donors (Lipinski definition) is 7.